The summed E-state index contributed by atoms with van der Waals surface area (Å²) in [5.41, 5.74) is -3.27. The Morgan fingerprint density at radius 1 is 1.28 bits per heavy atom. The molecule has 0 saturated heterocycles. The number of benzene rings is 1. The minimum atomic E-state index is -4.89. The van der Waals surface area contributed by atoms with Crippen molar-refractivity contribution in [3.63, 3.8) is 0 Å². The molecule has 0 fully saturated rings. The smallest absolute Gasteiger partial charge is 0.435 e. The first-order valence-electron chi connectivity index (χ1n) is 6.99. The highest BCUT2D eigenvalue weighted by atomic mass is 79.9. The van der Waals surface area contributed by atoms with Gasteiger partial charge in [-0.05, 0) is 39.0 Å². The molecule has 1 amide bonds. The van der Waals surface area contributed by atoms with E-state index in [2.05, 4.69) is 21.0 Å². The number of carbonyl (C=O) groups excluding carboxylic acids is 1. The highest BCUT2D eigenvalue weighted by Crippen LogP contribution is 2.37. The van der Waals surface area contributed by atoms with E-state index in [9.17, 15) is 22.4 Å². The number of nitrogens with zero attached hydrogens (tertiary/aromatic N) is 2. The predicted octanol–water partition coefficient (Wildman–Crippen LogP) is 5.14. The van der Waals surface area contributed by atoms with Gasteiger partial charge in [-0.25, -0.2) is 13.9 Å². The lowest BCUT2D eigenvalue weighted by Gasteiger charge is -2.20. The molecular weight excluding hydrogens is 410 g/mol. The number of hydrogen-bond acceptors (Lipinski definition) is 3. The second-order valence-corrected chi connectivity index (χ2v) is 6.95. The molecule has 1 heterocycles. The van der Waals surface area contributed by atoms with E-state index < -0.39 is 40.8 Å². The van der Waals surface area contributed by atoms with Crippen LogP contribution < -0.4 is 5.32 Å². The first-order chi connectivity index (χ1) is 11.4. The van der Waals surface area contributed by atoms with E-state index >= 15 is 0 Å². The molecule has 0 saturated carbocycles. The lowest BCUT2D eigenvalue weighted by molar-refractivity contribution is -0.142. The van der Waals surface area contributed by atoms with Crippen molar-refractivity contribution in [1.29, 1.82) is 0 Å². The van der Waals surface area contributed by atoms with Gasteiger partial charge in [-0.3, -0.25) is 5.32 Å². The minimum absolute atomic E-state index is 0.370. The normalized spacial score (nSPS) is 12.2. The molecule has 0 aliphatic heterocycles. The topological polar surface area (TPSA) is 56.1 Å². The zero-order valence-electron chi connectivity index (χ0n) is 13.4. The van der Waals surface area contributed by atoms with Crippen LogP contribution in [0.3, 0.4) is 0 Å². The number of rotatable bonds is 2. The van der Waals surface area contributed by atoms with Gasteiger partial charge in [-0.1, -0.05) is 15.9 Å². The third-order valence-electron chi connectivity index (χ3n) is 2.81. The van der Waals surface area contributed by atoms with E-state index in [1.165, 1.54) is 6.07 Å². The van der Waals surface area contributed by atoms with E-state index in [-0.39, 0.29) is 0 Å². The summed E-state index contributed by atoms with van der Waals surface area (Å²) in [6.07, 6.45) is -5.19. The minimum Gasteiger partial charge on any atom is -0.444 e. The molecule has 0 bridgehead atoms. The van der Waals surface area contributed by atoms with Gasteiger partial charge in [0.15, 0.2) is 5.69 Å². The molecule has 0 aliphatic rings. The highest BCUT2D eigenvalue weighted by molar-refractivity contribution is 9.10. The molecule has 10 heteroatoms. The summed E-state index contributed by atoms with van der Waals surface area (Å²) in [6.45, 7) is 4.70. The first kappa shape index (κ1) is 19.2. The van der Waals surface area contributed by atoms with Gasteiger partial charge in [-0.2, -0.15) is 18.3 Å². The average molecular weight is 424 g/mol. The lowest BCUT2D eigenvalue weighted by Crippen LogP contribution is -2.28. The van der Waals surface area contributed by atoms with E-state index in [0.29, 0.717) is 9.15 Å². The van der Waals surface area contributed by atoms with Crippen molar-refractivity contribution >= 4 is 27.7 Å². The zero-order chi connectivity index (χ0) is 19.0. The average Bonchev–Trinajstić information content (AvgIpc) is 2.82. The Balaban J connectivity index is 2.49. The van der Waals surface area contributed by atoms with Crippen LogP contribution in [0.1, 0.15) is 26.5 Å². The van der Waals surface area contributed by atoms with E-state index in [4.69, 9.17) is 4.74 Å². The molecule has 2 aromatic rings. The number of ether oxygens (including phenoxy) is 1. The van der Waals surface area contributed by atoms with Gasteiger partial charge < -0.3 is 4.74 Å². The van der Waals surface area contributed by atoms with E-state index in [0.717, 1.165) is 18.3 Å². The van der Waals surface area contributed by atoms with Gasteiger partial charge in [0.25, 0.3) is 0 Å². The molecule has 0 atom stereocenters. The van der Waals surface area contributed by atoms with Crippen molar-refractivity contribution in [3.8, 4) is 5.69 Å². The van der Waals surface area contributed by atoms with Gasteiger partial charge >= 0.3 is 12.3 Å². The van der Waals surface area contributed by atoms with Gasteiger partial charge in [0.2, 0.25) is 0 Å². The summed E-state index contributed by atoms with van der Waals surface area (Å²) >= 11 is 3.07. The van der Waals surface area contributed by atoms with Crippen molar-refractivity contribution in [2.24, 2.45) is 0 Å². The maximum atomic E-state index is 14.0. The molecule has 0 unspecified atom stereocenters. The summed E-state index contributed by atoms with van der Waals surface area (Å²) < 4.78 is 60.0. The molecule has 0 spiro atoms. The molecule has 25 heavy (non-hydrogen) atoms. The Morgan fingerprint density at radius 3 is 2.48 bits per heavy atom. The Bertz CT molecular complexity index is 797. The number of alkyl halides is 3. The molecule has 136 valence electrons. The van der Waals surface area contributed by atoms with Crippen LogP contribution >= 0.6 is 15.9 Å². The van der Waals surface area contributed by atoms with Crippen LogP contribution in [0.2, 0.25) is 0 Å². The van der Waals surface area contributed by atoms with Crippen LogP contribution in [0, 0.1) is 5.82 Å². The van der Waals surface area contributed by atoms with Crippen molar-refractivity contribution in [2.75, 3.05) is 5.32 Å². The van der Waals surface area contributed by atoms with Crippen molar-refractivity contribution in [3.05, 3.63) is 40.4 Å². The summed E-state index contributed by atoms with van der Waals surface area (Å²) in [5, 5.41) is 5.57. The second-order valence-electron chi connectivity index (χ2n) is 6.04. The molecule has 5 nitrogen and oxygen atoms in total. The second kappa shape index (κ2) is 6.66. The fraction of sp³-hybridized carbons (Fsp3) is 0.333. The maximum Gasteiger partial charge on any atom is 0.435 e. The van der Waals surface area contributed by atoms with Gasteiger partial charge in [0, 0.05) is 4.47 Å². The summed E-state index contributed by atoms with van der Waals surface area (Å²) in [4.78, 5) is 11.8. The third kappa shape index (κ3) is 4.71. The zero-order valence-corrected chi connectivity index (χ0v) is 15.0. The fourth-order valence-corrected chi connectivity index (χ4v) is 2.31. The SMILES string of the molecule is CC(C)(C)OC(=O)Nc1cnn(-c2cc(Br)ccc2F)c1C(F)(F)F. The van der Waals surface area contributed by atoms with Crippen LogP contribution in [0.15, 0.2) is 28.9 Å². The molecule has 2 rings (SSSR count). The summed E-state index contributed by atoms with van der Waals surface area (Å²) in [6, 6.07) is 3.49. The largest absolute Gasteiger partial charge is 0.444 e. The number of amides is 1. The number of halogens is 5. The van der Waals surface area contributed by atoms with E-state index in [1.807, 2.05) is 5.32 Å². The summed E-state index contributed by atoms with van der Waals surface area (Å²) in [7, 11) is 0. The molecule has 0 aliphatic carbocycles. The Hall–Kier alpha value is -2.10. The van der Waals surface area contributed by atoms with Gasteiger partial charge in [0.05, 0.1) is 11.9 Å². The van der Waals surface area contributed by atoms with Crippen molar-refractivity contribution < 1.29 is 27.1 Å². The first-order valence-corrected chi connectivity index (χ1v) is 7.78. The monoisotopic (exact) mass is 423 g/mol. The Labute approximate surface area is 149 Å². The molecule has 1 N–H and O–H groups in total. The van der Waals surface area contributed by atoms with Crippen LogP contribution in [0.25, 0.3) is 5.69 Å². The van der Waals surface area contributed by atoms with Crippen molar-refractivity contribution in [2.45, 2.75) is 32.5 Å². The standard InChI is InChI=1S/C15H14BrF4N3O2/c1-14(2,3)25-13(24)22-10-7-21-23(12(10)15(18,19)20)11-6-8(16)4-5-9(11)17/h4-7H,1-3H3,(H,22,24). The third-order valence-corrected chi connectivity index (χ3v) is 3.30. The molecule has 1 aromatic carbocycles. The quantitative estimate of drug-likeness (QED) is 0.680. The maximum absolute atomic E-state index is 14.0. The molecule has 1 aromatic heterocycles. The number of carbonyl (C=O) groups is 1. The fourth-order valence-electron chi connectivity index (χ4n) is 1.96. The van der Waals surface area contributed by atoms with Crippen LogP contribution in [-0.4, -0.2) is 21.5 Å². The number of anilines is 1. The van der Waals surface area contributed by atoms with Crippen LogP contribution in [0.5, 0.6) is 0 Å². The number of aromatic nitrogens is 2. The Kier molecular flexibility index (Phi) is 5.12. The molecular formula is C15H14BrF4N3O2. The number of hydrogen-bond donors (Lipinski definition) is 1. The number of nitrogens with one attached hydrogen (secondary N) is 1. The lowest BCUT2D eigenvalue weighted by atomic mass is 10.2. The summed E-state index contributed by atoms with van der Waals surface area (Å²) in [5.74, 6) is -0.902. The Morgan fingerprint density at radius 2 is 1.92 bits per heavy atom. The van der Waals surface area contributed by atoms with Crippen LogP contribution in [-0.2, 0) is 10.9 Å². The highest BCUT2D eigenvalue weighted by Gasteiger charge is 2.40. The van der Waals surface area contributed by atoms with E-state index in [1.54, 1.807) is 20.8 Å². The van der Waals surface area contributed by atoms with Gasteiger partial charge in [0.1, 0.15) is 17.1 Å². The molecule has 0 radical (unpaired) electrons. The van der Waals surface area contributed by atoms with Gasteiger partial charge in [-0.15, -0.1) is 0 Å². The van der Waals surface area contributed by atoms with Crippen LogP contribution in [0.4, 0.5) is 28.0 Å². The predicted molar refractivity (Wildman–Crippen MR) is 86.1 cm³/mol. The van der Waals surface area contributed by atoms with Crippen molar-refractivity contribution in [1.82, 2.24) is 9.78 Å².